The van der Waals surface area contributed by atoms with Gasteiger partial charge in [-0.2, -0.15) is 5.10 Å². The van der Waals surface area contributed by atoms with Gasteiger partial charge >= 0.3 is 0 Å². The van der Waals surface area contributed by atoms with Crippen LogP contribution in [0.2, 0.25) is 0 Å². The van der Waals surface area contributed by atoms with E-state index in [1.807, 2.05) is 36.9 Å². The summed E-state index contributed by atoms with van der Waals surface area (Å²) < 4.78 is 7.73. The Balaban J connectivity index is 1.90. The topological polar surface area (TPSA) is 39.1 Å². The predicted molar refractivity (Wildman–Crippen MR) is 85.3 cm³/mol. The molecule has 1 heterocycles. The van der Waals surface area contributed by atoms with Crippen LogP contribution in [0.25, 0.3) is 0 Å². The summed E-state index contributed by atoms with van der Waals surface area (Å²) in [5, 5.41) is 7.77. The van der Waals surface area contributed by atoms with Crippen LogP contribution in [-0.2, 0) is 20.2 Å². The molecule has 0 radical (unpaired) electrons. The lowest BCUT2D eigenvalue weighted by Crippen LogP contribution is -2.18. The Labute approximate surface area is 127 Å². The second kappa shape index (κ2) is 7.27. The first-order valence-electron chi connectivity index (χ1n) is 7.46. The van der Waals surface area contributed by atoms with Gasteiger partial charge in [0.25, 0.3) is 0 Å². The molecule has 1 N–H and O–H groups in total. The molecule has 0 bridgehead atoms. The van der Waals surface area contributed by atoms with E-state index in [0.717, 1.165) is 30.2 Å². The Kier molecular flexibility index (Phi) is 5.39. The fourth-order valence-electron chi connectivity index (χ4n) is 2.21. The first-order chi connectivity index (χ1) is 10.0. The molecule has 0 aliphatic heterocycles. The van der Waals surface area contributed by atoms with Crippen LogP contribution in [-0.4, -0.2) is 16.3 Å². The standard InChI is InChI=1S/C17H25N3O/c1-13(2)10-18-11-15-6-5-7-17(9-15)21-12-16-8-14(3)19-20(16)4/h5-9,13,18H,10-12H2,1-4H3. The Hall–Kier alpha value is -1.81. The predicted octanol–water partition coefficient (Wildman–Crippen LogP) is 3.05. The van der Waals surface area contributed by atoms with Gasteiger partial charge in [-0.3, -0.25) is 4.68 Å². The number of hydrogen-bond acceptors (Lipinski definition) is 3. The molecular formula is C17H25N3O. The van der Waals surface area contributed by atoms with Crippen molar-refractivity contribution in [2.45, 2.75) is 33.9 Å². The highest BCUT2D eigenvalue weighted by Gasteiger charge is 2.03. The smallest absolute Gasteiger partial charge is 0.130 e. The minimum atomic E-state index is 0.542. The molecule has 4 nitrogen and oxygen atoms in total. The number of nitrogens with one attached hydrogen (secondary N) is 1. The average Bonchev–Trinajstić information content (AvgIpc) is 2.75. The molecule has 0 saturated carbocycles. The molecule has 1 aromatic carbocycles. The van der Waals surface area contributed by atoms with E-state index >= 15 is 0 Å². The first kappa shape index (κ1) is 15.6. The van der Waals surface area contributed by atoms with E-state index in [2.05, 4.69) is 36.4 Å². The Morgan fingerprint density at radius 3 is 2.76 bits per heavy atom. The van der Waals surface area contributed by atoms with Crippen LogP contribution < -0.4 is 10.1 Å². The van der Waals surface area contributed by atoms with Gasteiger partial charge in [0, 0.05) is 13.6 Å². The van der Waals surface area contributed by atoms with Gasteiger partial charge in [-0.05, 0) is 43.1 Å². The van der Waals surface area contributed by atoms with Gasteiger partial charge in [-0.1, -0.05) is 26.0 Å². The molecule has 2 aromatic rings. The van der Waals surface area contributed by atoms with Crippen LogP contribution in [0.4, 0.5) is 0 Å². The highest BCUT2D eigenvalue weighted by molar-refractivity contribution is 5.28. The van der Waals surface area contributed by atoms with Crippen molar-refractivity contribution >= 4 is 0 Å². The van der Waals surface area contributed by atoms with Crippen molar-refractivity contribution in [1.29, 1.82) is 0 Å². The summed E-state index contributed by atoms with van der Waals surface area (Å²) in [6.07, 6.45) is 0. The highest BCUT2D eigenvalue weighted by Crippen LogP contribution is 2.15. The van der Waals surface area contributed by atoms with Crippen LogP contribution >= 0.6 is 0 Å². The number of rotatable bonds is 7. The van der Waals surface area contributed by atoms with Crippen LogP contribution in [0.1, 0.15) is 30.8 Å². The minimum Gasteiger partial charge on any atom is -0.487 e. The molecule has 0 aliphatic carbocycles. The molecule has 0 saturated heterocycles. The lowest BCUT2D eigenvalue weighted by molar-refractivity contribution is 0.294. The lowest BCUT2D eigenvalue weighted by atomic mass is 10.2. The van der Waals surface area contributed by atoms with Gasteiger partial charge in [0.2, 0.25) is 0 Å². The largest absolute Gasteiger partial charge is 0.487 e. The van der Waals surface area contributed by atoms with E-state index < -0.39 is 0 Å². The van der Waals surface area contributed by atoms with E-state index in [9.17, 15) is 0 Å². The van der Waals surface area contributed by atoms with Crippen molar-refractivity contribution in [2.75, 3.05) is 6.54 Å². The van der Waals surface area contributed by atoms with Gasteiger partial charge < -0.3 is 10.1 Å². The van der Waals surface area contributed by atoms with Crippen molar-refractivity contribution < 1.29 is 4.74 Å². The number of benzene rings is 1. The number of ether oxygens (including phenoxy) is 1. The summed E-state index contributed by atoms with van der Waals surface area (Å²) in [5.41, 5.74) is 3.34. The van der Waals surface area contributed by atoms with E-state index in [0.29, 0.717) is 12.5 Å². The fourth-order valence-corrected chi connectivity index (χ4v) is 2.21. The third kappa shape index (κ3) is 4.90. The van der Waals surface area contributed by atoms with Crippen molar-refractivity contribution in [2.24, 2.45) is 13.0 Å². The molecule has 21 heavy (non-hydrogen) atoms. The normalized spacial score (nSPS) is 11.1. The Morgan fingerprint density at radius 1 is 1.29 bits per heavy atom. The molecule has 114 valence electrons. The fraction of sp³-hybridized carbons (Fsp3) is 0.471. The van der Waals surface area contributed by atoms with Gasteiger partial charge in [0.15, 0.2) is 0 Å². The molecule has 0 amide bonds. The van der Waals surface area contributed by atoms with E-state index in [1.165, 1.54) is 5.56 Å². The van der Waals surface area contributed by atoms with Gasteiger partial charge in [-0.15, -0.1) is 0 Å². The maximum Gasteiger partial charge on any atom is 0.130 e. The van der Waals surface area contributed by atoms with E-state index in [4.69, 9.17) is 4.74 Å². The number of nitrogens with zero attached hydrogens (tertiary/aromatic N) is 2. The molecule has 0 spiro atoms. The number of aromatic nitrogens is 2. The third-order valence-electron chi connectivity index (χ3n) is 3.27. The van der Waals surface area contributed by atoms with Crippen molar-refractivity contribution in [3.05, 3.63) is 47.3 Å². The van der Waals surface area contributed by atoms with Crippen molar-refractivity contribution in [3.8, 4) is 5.75 Å². The van der Waals surface area contributed by atoms with E-state index in [-0.39, 0.29) is 0 Å². The SMILES string of the molecule is Cc1cc(COc2cccc(CNCC(C)C)c2)n(C)n1. The quantitative estimate of drug-likeness (QED) is 0.850. The van der Waals surface area contributed by atoms with Crippen molar-refractivity contribution in [1.82, 2.24) is 15.1 Å². The molecule has 0 unspecified atom stereocenters. The minimum absolute atomic E-state index is 0.542. The molecule has 1 aromatic heterocycles. The summed E-state index contributed by atoms with van der Waals surface area (Å²) in [5.74, 6) is 1.57. The average molecular weight is 287 g/mol. The van der Waals surface area contributed by atoms with Crippen LogP contribution in [0.5, 0.6) is 5.75 Å². The van der Waals surface area contributed by atoms with Crippen LogP contribution in [0.3, 0.4) is 0 Å². The molecule has 0 fully saturated rings. The molecule has 2 rings (SSSR count). The molecule has 4 heteroatoms. The Morgan fingerprint density at radius 2 is 2.10 bits per heavy atom. The summed E-state index contributed by atoms with van der Waals surface area (Å²) in [6.45, 7) is 8.86. The van der Waals surface area contributed by atoms with E-state index in [1.54, 1.807) is 0 Å². The van der Waals surface area contributed by atoms with Gasteiger partial charge in [0.1, 0.15) is 12.4 Å². The monoisotopic (exact) mass is 287 g/mol. The van der Waals surface area contributed by atoms with Gasteiger partial charge in [-0.25, -0.2) is 0 Å². The molecule has 0 atom stereocenters. The lowest BCUT2D eigenvalue weighted by Gasteiger charge is -2.10. The Bertz CT molecular complexity index is 575. The number of hydrogen-bond donors (Lipinski definition) is 1. The molecular weight excluding hydrogens is 262 g/mol. The summed E-state index contributed by atoms with van der Waals surface area (Å²) in [7, 11) is 1.94. The second-order valence-corrected chi connectivity index (χ2v) is 5.86. The summed E-state index contributed by atoms with van der Waals surface area (Å²) >= 11 is 0. The zero-order valence-electron chi connectivity index (χ0n) is 13.4. The van der Waals surface area contributed by atoms with Crippen molar-refractivity contribution in [3.63, 3.8) is 0 Å². The second-order valence-electron chi connectivity index (χ2n) is 5.86. The number of aryl methyl sites for hydroxylation is 2. The summed E-state index contributed by atoms with van der Waals surface area (Å²) in [6, 6.07) is 10.3. The third-order valence-corrected chi connectivity index (χ3v) is 3.27. The zero-order valence-corrected chi connectivity index (χ0v) is 13.4. The molecule has 0 aliphatic rings. The maximum absolute atomic E-state index is 5.87. The first-order valence-corrected chi connectivity index (χ1v) is 7.46. The van der Waals surface area contributed by atoms with Gasteiger partial charge in [0.05, 0.1) is 11.4 Å². The summed E-state index contributed by atoms with van der Waals surface area (Å²) in [4.78, 5) is 0. The van der Waals surface area contributed by atoms with Crippen LogP contribution in [0, 0.1) is 12.8 Å². The van der Waals surface area contributed by atoms with Crippen LogP contribution in [0.15, 0.2) is 30.3 Å². The highest BCUT2D eigenvalue weighted by atomic mass is 16.5. The zero-order chi connectivity index (χ0) is 15.2. The maximum atomic E-state index is 5.87.